The van der Waals surface area contributed by atoms with Gasteiger partial charge in [-0.3, -0.25) is 0 Å². The van der Waals surface area contributed by atoms with E-state index >= 15 is 0 Å². The molecule has 0 bridgehead atoms. The van der Waals surface area contributed by atoms with Crippen molar-refractivity contribution in [3.05, 3.63) is 10.4 Å². The molecule has 1 saturated heterocycles. The highest BCUT2D eigenvalue weighted by molar-refractivity contribution is 7.19. The molecule has 1 unspecified atom stereocenters. The summed E-state index contributed by atoms with van der Waals surface area (Å²) in [6.45, 7) is 9.75. The summed E-state index contributed by atoms with van der Waals surface area (Å²) in [5, 5.41) is 0. The number of aryl methyl sites for hydroxylation is 1. The summed E-state index contributed by atoms with van der Waals surface area (Å²) in [7, 11) is 0. The number of nitrogen functional groups attached to an aromatic ring is 1. The summed E-state index contributed by atoms with van der Waals surface area (Å²) in [4.78, 5) is 13.0. The third-order valence-electron chi connectivity index (χ3n) is 5.70. The molecule has 0 spiro atoms. The minimum absolute atomic E-state index is 0.333. The zero-order valence-electron chi connectivity index (χ0n) is 14.8. The predicted molar refractivity (Wildman–Crippen MR) is 102 cm³/mol. The van der Waals surface area contributed by atoms with Gasteiger partial charge < -0.3 is 16.4 Å². The lowest BCUT2D eigenvalue weighted by Crippen LogP contribution is -2.50. The highest BCUT2D eigenvalue weighted by Gasteiger charge is 2.34. The fourth-order valence-electron chi connectivity index (χ4n) is 3.98. The quantitative estimate of drug-likeness (QED) is 0.875. The number of nitrogens with two attached hydrogens (primary N) is 2. The molecule has 6 heteroatoms. The lowest BCUT2D eigenvalue weighted by molar-refractivity contribution is 0.217. The van der Waals surface area contributed by atoms with Crippen LogP contribution in [0.2, 0.25) is 0 Å². The van der Waals surface area contributed by atoms with Crippen LogP contribution in [-0.4, -0.2) is 29.6 Å². The second kappa shape index (κ2) is 5.56. The fourth-order valence-corrected chi connectivity index (χ4v) is 5.28. The Balaban J connectivity index is 1.75. The average molecular weight is 346 g/mol. The van der Waals surface area contributed by atoms with E-state index in [0.717, 1.165) is 43.8 Å². The molecule has 0 radical (unpaired) electrons. The van der Waals surface area contributed by atoms with Gasteiger partial charge in [0, 0.05) is 23.9 Å². The minimum Gasteiger partial charge on any atom is -0.368 e. The van der Waals surface area contributed by atoms with Crippen molar-refractivity contribution in [1.29, 1.82) is 0 Å². The first-order valence-corrected chi connectivity index (χ1v) is 9.71. The summed E-state index contributed by atoms with van der Waals surface area (Å²) >= 11 is 1.88. The number of rotatable bonds is 2. The largest absolute Gasteiger partial charge is 0.368 e. The molecule has 4 N–H and O–H groups in total. The summed E-state index contributed by atoms with van der Waals surface area (Å²) < 4.78 is 1.22. The lowest BCUT2D eigenvalue weighted by atomic mass is 9.72. The van der Waals surface area contributed by atoms with E-state index in [1.54, 1.807) is 0 Å². The van der Waals surface area contributed by atoms with Crippen LogP contribution in [0.15, 0.2) is 0 Å². The maximum Gasteiger partial charge on any atom is 0.222 e. The molecule has 0 aromatic carbocycles. The van der Waals surface area contributed by atoms with Gasteiger partial charge in [0.25, 0.3) is 0 Å². The SMILES string of the molecule is CC(C)(C)C1CCc2sc3c(N4CC(CN)C4)nc(N)nc3c2C1. The van der Waals surface area contributed by atoms with Gasteiger partial charge in [0.2, 0.25) is 5.95 Å². The molecular weight excluding hydrogens is 318 g/mol. The highest BCUT2D eigenvalue weighted by Crippen LogP contribution is 2.45. The monoisotopic (exact) mass is 345 g/mol. The zero-order valence-corrected chi connectivity index (χ0v) is 15.6. The van der Waals surface area contributed by atoms with Crippen molar-refractivity contribution in [1.82, 2.24) is 9.97 Å². The molecule has 1 fully saturated rings. The average Bonchev–Trinajstić information content (AvgIpc) is 2.83. The first-order valence-electron chi connectivity index (χ1n) is 8.89. The molecule has 24 heavy (non-hydrogen) atoms. The summed E-state index contributed by atoms with van der Waals surface area (Å²) in [6.07, 6.45) is 3.53. The van der Waals surface area contributed by atoms with E-state index in [1.165, 1.54) is 21.6 Å². The third kappa shape index (κ3) is 2.56. The number of aromatic nitrogens is 2. The second-order valence-corrected chi connectivity index (χ2v) is 9.50. The van der Waals surface area contributed by atoms with Crippen molar-refractivity contribution in [2.24, 2.45) is 23.0 Å². The van der Waals surface area contributed by atoms with Crippen molar-refractivity contribution in [3.8, 4) is 0 Å². The van der Waals surface area contributed by atoms with Crippen LogP contribution in [0.5, 0.6) is 0 Å². The Morgan fingerprint density at radius 3 is 2.67 bits per heavy atom. The summed E-state index contributed by atoms with van der Waals surface area (Å²) in [5.74, 6) is 2.70. The Bertz CT molecular complexity index is 770. The Morgan fingerprint density at radius 1 is 1.25 bits per heavy atom. The van der Waals surface area contributed by atoms with Crippen LogP contribution in [-0.2, 0) is 12.8 Å². The van der Waals surface area contributed by atoms with Crippen LogP contribution >= 0.6 is 11.3 Å². The van der Waals surface area contributed by atoms with Crippen molar-refractivity contribution >= 4 is 33.3 Å². The molecule has 5 nitrogen and oxygen atoms in total. The van der Waals surface area contributed by atoms with Crippen LogP contribution in [0.25, 0.3) is 10.2 Å². The molecule has 0 saturated carbocycles. The van der Waals surface area contributed by atoms with Crippen molar-refractivity contribution in [3.63, 3.8) is 0 Å². The van der Waals surface area contributed by atoms with Gasteiger partial charge in [0.1, 0.15) is 0 Å². The molecule has 1 aliphatic carbocycles. The van der Waals surface area contributed by atoms with Crippen molar-refractivity contribution < 1.29 is 0 Å². The molecule has 2 aliphatic rings. The number of fused-ring (bicyclic) bond motifs is 3. The lowest BCUT2D eigenvalue weighted by Gasteiger charge is -2.39. The minimum atomic E-state index is 0.333. The van der Waals surface area contributed by atoms with Gasteiger partial charge in [-0.15, -0.1) is 11.3 Å². The Kier molecular flexibility index (Phi) is 3.73. The van der Waals surface area contributed by atoms with E-state index in [9.17, 15) is 0 Å². The Morgan fingerprint density at radius 2 is 2.00 bits per heavy atom. The van der Waals surface area contributed by atoms with Gasteiger partial charge in [-0.2, -0.15) is 4.98 Å². The highest BCUT2D eigenvalue weighted by atomic mass is 32.1. The van der Waals surface area contributed by atoms with Gasteiger partial charge in [-0.1, -0.05) is 20.8 Å². The number of thiophene rings is 1. The maximum atomic E-state index is 6.05. The number of nitrogens with zero attached hydrogens (tertiary/aromatic N) is 3. The summed E-state index contributed by atoms with van der Waals surface area (Å²) in [6, 6.07) is 0. The van der Waals surface area contributed by atoms with E-state index in [0.29, 0.717) is 23.2 Å². The van der Waals surface area contributed by atoms with Gasteiger partial charge >= 0.3 is 0 Å². The second-order valence-electron chi connectivity index (χ2n) is 8.40. The molecule has 3 heterocycles. The first kappa shape index (κ1) is 16.1. The topological polar surface area (TPSA) is 81.1 Å². The van der Waals surface area contributed by atoms with Gasteiger partial charge in [0.05, 0.1) is 10.2 Å². The van der Waals surface area contributed by atoms with E-state index in [2.05, 4.69) is 35.6 Å². The van der Waals surface area contributed by atoms with E-state index in [1.807, 2.05) is 11.3 Å². The molecule has 2 aromatic rings. The molecule has 1 aliphatic heterocycles. The standard InChI is InChI=1S/C18H27N5S/c1-18(2,3)11-4-5-13-12(6-11)14-15(24-13)16(22-17(20)21-14)23-8-10(7-19)9-23/h10-11H,4-9,19H2,1-3H3,(H2,20,21,22). The third-order valence-corrected chi connectivity index (χ3v) is 6.97. The van der Waals surface area contributed by atoms with E-state index in [-0.39, 0.29) is 0 Å². The number of hydrogen-bond donors (Lipinski definition) is 2. The number of anilines is 2. The Hall–Kier alpha value is -1.40. The van der Waals surface area contributed by atoms with Gasteiger partial charge in [0.15, 0.2) is 5.82 Å². The van der Waals surface area contributed by atoms with Crippen LogP contribution in [0.1, 0.15) is 37.6 Å². The van der Waals surface area contributed by atoms with Crippen LogP contribution in [0.3, 0.4) is 0 Å². The van der Waals surface area contributed by atoms with Gasteiger partial charge in [-0.05, 0) is 42.7 Å². The van der Waals surface area contributed by atoms with Gasteiger partial charge in [-0.25, -0.2) is 4.98 Å². The number of hydrogen-bond acceptors (Lipinski definition) is 6. The van der Waals surface area contributed by atoms with Crippen LogP contribution in [0.4, 0.5) is 11.8 Å². The Labute approximate surface area is 147 Å². The fraction of sp³-hybridized carbons (Fsp3) is 0.667. The van der Waals surface area contributed by atoms with Crippen LogP contribution < -0.4 is 16.4 Å². The molecule has 0 amide bonds. The zero-order chi connectivity index (χ0) is 17.1. The van der Waals surface area contributed by atoms with E-state index < -0.39 is 0 Å². The predicted octanol–water partition coefficient (Wildman–Crippen LogP) is 2.82. The van der Waals surface area contributed by atoms with Crippen molar-refractivity contribution in [2.75, 3.05) is 30.3 Å². The molecular formula is C18H27N5S. The smallest absolute Gasteiger partial charge is 0.222 e. The maximum absolute atomic E-state index is 6.05. The molecule has 1 atom stereocenters. The van der Waals surface area contributed by atoms with Crippen molar-refractivity contribution in [2.45, 2.75) is 40.0 Å². The summed E-state index contributed by atoms with van der Waals surface area (Å²) in [5.41, 5.74) is 14.7. The molecule has 130 valence electrons. The molecule has 4 rings (SSSR count). The van der Waals surface area contributed by atoms with E-state index in [4.69, 9.17) is 11.5 Å². The first-order chi connectivity index (χ1) is 11.4. The van der Waals surface area contributed by atoms with Crippen LogP contribution in [0, 0.1) is 17.3 Å². The molecule has 2 aromatic heterocycles. The normalized spacial score (nSPS) is 21.8.